The normalized spacial score (nSPS) is 17.6. The highest BCUT2D eigenvalue weighted by Gasteiger charge is 2.28. The number of piperidine rings is 1. The Bertz CT molecular complexity index is 1250. The fourth-order valence-corrected chi connectivity index (χ4v) is 5.28. The number of nitrogens with zero attached hydrogens (tertiary/aromatic N) is 2. The van der Waals surface area contributed by atoms with E-state index in [-0.39, 0.29) is 29.3 Å². The van der Waals surface area contributed by atoms with Crippen LogP contribution >= 0.6 is 11.6 Å². The number of amidine groups is 1. The van der Waals surface area contributed by atoms with Gasteiger partial charge in [-0.15, -0.1) is 0 Å². The first-order valence-corrected chi connectivity index (χ1v) is 15.1. The van der Waals surface area contributed by atoms with Crippen LogP contribution in [-0.4, -0.2) is 64.2 Å². The largest absolute Gasteiger partial charge is 0.488 e. The predicted molar refractivity (Wildman–Crippen MR) is 161 cm³/mol. The van der Waals surface area contributed by atoms with Crippen molar-refractivity contribution < 1.29 is 13.2 Å². The fraction of sp³-hybridized carbons (Fsp3) is 0.519. The van der Waals surface area contributed by atoms with Crippen molar-refractivity contribution in [1.82, 2.24) is 16.0 Å². The van der Waals surface area contributed by atoms with Crippen LogP contribution in [0.15, 0.2) is 45.2 Å². The maximum absolute atomic E-state index is 12.6. The monoisotopic (exact) mass is 577 g/mol. The molecule has 12 heteroatoms. The van der Waals surface area contributed by atoms with Gasteiger partial charge in [0.2, 0.25) is 0 Å². The molecule has 0 bridgehead atoms. The first-order valence-electron chi connectivity index (χ1n) is 13.2. The van der Waals surface area contributed by atoms with Crippen LogP contribution < -0.4 is 26.0 Å². The van der Waals surface area contributed by atoms with E-state index in [2.05, 4.69) is 57.0 Å². The van der Waals surface area contributed by atoms with Gasteiger partial charge in [-0.1, -0.05) is 11.6 Å². The van der Waals surface area contributed by atoms with Crippen molar-refractivity contribution in [3.63, 3.8) is 0 Å². The number of nitrogens with one attached hydrogen (secondary N) is 5. The molecule has 1 aromatic rings. The summed E-state index contributed by atoms with van der Waals surface area (Å²) in [6.07, 6.45) is 7.19. The SMILES string of the molecule is C=N/C=C(Cl)\C(=N/CNc1cc(C)c(C2CCNCC2)cc1OC1CC1)N/C(=C/NC)C(=N)S(=O)(=O)C(C)C. The minimum atomic E-state index is -3.85. The smallest absolute Gasteiger partial charge is 0.199 e. The van der Waals surface area contributed by atoms with Gasteiger partial charge >= 0.3 is 0 Å². The molecule has 2 fully saturated rings. The zero-order valence-electron chi connectivity index (χ0n) is 23.1. The van der Waals surface area contributed by atoms with Gasteiger partial charge < -0.3 is 26.0 Å². The lowest BCUT2D eigenvalue weighted by atomic mass is 9.87. The topological polar surface area (TPSA) is 140 Å². The van der Waals surface area contributed by atoms with E-state index in [1.807, 2.05) is 0 Å². The van der Waals surface area contributed by atoms with Crippen LogP contribution in [0.25, 0.3) is 0 Å². The van der Waals surface area contributed by atoms with Gasteiger partial charge in [-0.05, 0) is 95.4 Å². The number of ether oxygens (including phenoxy) is 1. The Kier molecular flexibility index (Phi) is 11.0. The number of rotatable bonds is 12. The molecule has 10 nitrogen and oxygen atoms in total. The quantitative estimate of drug-likeness (QED) is 0.187. The number of hydrogen-bond acceptors (Lipinski definition) is 9. The van der Waals surface area contributed by atoms with E-state index in [0.717, 1.165) is 50.2 Å². The molecule has 1 saturated carbocycles. The zero-order chi connectivity index (χ0) is 28.6. The maximum Gasteiger partial charge on any atom is 0.199 e. The lowest BCUT2D eigenvalue weighted by Crippen LogP contribution is -2.35. The summed E-state index contributed by atoms with van der Waals surface area (Å²) in [5.74, 6) is 1.44. The molecular weight excluding hydrogens is 538 g/mol. The average molecular weight is 578 g/mol. The summed E-state index contributed by atoms with van der Waals surface area (Å²) in [4.78, 5) is 8.23. The Hall–Kier alpha value is -2.89. The molecule has 3 rings (SSSR count). The third-order valence-electron chi connectivity index (χ3n) is 6.59. The Labute approximate surface area is 236 Å². The van der Waals surface area contributed by atoms with Crippen LogP contribution in [-0.2, 0) is 9.84 Å². The van der Waals surface area contributed by atoms with Crippen LogP contribution in [0.5, 0.6) is 5.75 Å². The van der Waals surface area contributed by atoms with Gasteiger partial charge in [0.25, 0.3) is 0 Å². The molecule has 0 unspecified atom stereocenters. The summed E-state index contributed by atoms with van der Waals surface area (Å²) in [5, 5.41) is 19.5. The van der Waals surface area contributed by atoms with Crippen LogP contribution in [0.1, 0.15) is 56.6 Å². The first-order chi connectivity index (χ1) is 18.6. The number of aliphatic imine (C=N–C) groups is 2. The zero-order valence-corrected chi connectivity index (χ0v) is 24.7. The number of aryl methyl sites for hydroxylation is 1. The molecular formula is C27H40ClN7O3S. The summed E-state index contributed by atoms with van der Waals surface area (Å²) in [5.41, 5.74) is 3.33. The lowest BCUT2D eigenvalue weighted by Gasteiger charge is -2.26. The fourth-order valence-electron chi connectivity index (χ4n) is 4.22. The third kappa shape index (κ3) is 8.30. The van der Waals surface area contributed by atoms with E-state index in [4.69, 9.17) is 21.7 Å². The number of hydrogen-bond donors (Lipinski definition) is 5. The van der Waals surface area contributed by atoms with E-state index >= 15 is 0 Å². The van der Waals surface area contributed by atoms with Crippen LogP contribution in [0.2, 0.25) is 0 Å². The molecule has 5 N–H and O–H groups in total. The molecule has 0 atom stereocenters. The second kappa shape index (κ2) is 14.0. The van der Waals surface area contributed by atoms with Crippen molar-refractivity contribution in [2.45, 2.75) is 63.7 Å². The second-order valence-corrected chi connectivity index (χ2v) is 12.8. The maximum atomic E-state index is 12.6. The highest BCUT2D eigenvalue weighted by Crippen LogP contribution is 2.38. The van der Waals surface area contributed by atoms with Crippen molar-refractivity contribution in [1.29, 1.82) is 5.41 Å². The minimum Gasteiger partial charge on any atom is -0.488 e. The molecule has 1 aliphatic heterocycles. The minimum absolute atomic E-state index is 0.000451. The summed E-state index contributed by atoms with van der Waals surface area (Å²) in [6.45, 7) is 10.7. The molecule has 0 radical (unpaired) electrons. The molecule has 1 heterocycles. The number of anilines is 1. The van der Waals surface area contributed by atoms with E-state index in [9.17, 15) is 8.42 Å². The van der Waals surface area contributed by atoms with E-state index in [1.54, 1.807) is 7.05 Å². The van der Waals surface area contributed by atoms with Crippen molar-refractivity contribution in [2.24, 2.45) is 9.98 Å². The van der Waals surface area contributed by atoms with E-state index in [1.165, 1.54) is 37.4 Å². The van der Waals surface area contributed by atoms with Crippen molar-refractivity contribution in [3.8, 4) is 5.75 Å². The molecule has 0 spiro atoms. The molecule has 1 aliphatic carbocycles. The van der Waals surface area contributed by atoms with Gasteiger partial charge in [-0.3, -0.25) is 10.4 Å². The number of sulfone groups is 1. The summed E-state index contributed by atoms with van der Waals surface area (Å²) < 4.78 is 31.6. The van der Waals surface area contributed by atoms with Gasteiger partial charge in [0.15, 0.2) is 14.9 Å². The third-order valence-corrected chi connectivity index (χ3v) is 8.90. The Morgan fingerprint density at radius 3 is 2.56 bits per heavy atom. The number of benzene rings is 1. The summed E-state index contributed by atoms with van der Waals surface area (Å²) in [7, 11) is -2.25. The molecule has 1 saturated heterocycles. The Morgan fingerprint density at radius 2 is 1.97 bits per heavy atom. The van der Waals surface area contributed by atoms with Gasteiger partial charge in [-0.2, -0.15) is 0 Å². The van der Waals surface area contributed by atoms with E-state index in [0.29, 0.717) is 5.92 Å². The molecule has 0 amide bonds. The first kappa shape index (κ1) is 30.6. The van der Waals surface area contributed by atoms with Gasteiger partial charge in [0, 0.05) is 19.4 Å². The predicted octanol–water partition coefficient (Wildman–Crippen LogP) is 4.00. The van der Waals surface area contributed by atoms with Crippen LogP contribution in [0, 0.1) is 12.3 Å². The van der Waals surface area contributed by atoms with Gasteiger partial charge in [0.1, 0.15) is 23.3 Å². The van der Waals surface area contributed by atoms with Gasteiger partial charge in [-0.25, -0.2) is 13.4 Å². The van der Waals surface area contributed by atoms with Gasteiger partial charge in [0.05, 0.1) is 22.7 Å². The van der Waals surface area contributed by atoms with Crippen molar-refractivity contribution in [3.05, 3.63) is 46.4 Å². The highest BCUT2D eigenvalue weighted by atomic mass is 35.5. The molecule has 214 valence electrons. The van der Waals surface area contributed by atoms with Crippen LogP contribution in [0.3, 0.4) is 0 Å². The summed E-state index contributed by atoms with van der Waals surface area (Å²) >= 11 is 6.40. The van der Waals surface area contributed by atoms with Crippen molar-refractivity contribution >= 4 is 44.7 Å². The molecule has 0 aromatic heterocycles. The lowest BCUT2D eigenvalue weighted by molar-refractivity contribution is 0.303. The van der Waals surface area contributed by atoms with E-state index < -0.39 is 20.1 Å². The van der Waals surface area contributed by atoms with Crippen molar-refractivity contribution in [2.75, 3.05) is 32.1 Å². The summed E-state index contributed by atoms with van der Waals surface area (Å²) in [6, 6.07) is 4.26. The standard InChI is InChI=1S/C27H40ClN7O3S/c1-17(2)39(36,37)26(29)24(15-31-5)35-27(22(28)14-30-4)34-16-33-23-12-18(3)21(19-8-10-32-11-9-19)13-25(23)38-20-6-7-20/h12-15,17,19-20,29,31-33H,4,6-11,16H2,1-3,5H3,(H,34,35)/b22-14+,24-15+,29-26?. The molecule has 2 aliphatic rings. The Morgan fingerprint density at radius 1 is 1.28 bits per heavy atom. The average Bonchev–Trinajstić information content (AvgIpc) is 3.73. The number of halogens is 1. The molecule has 1 aromatic carbocycles. The highest BCUT2D eigenvalue weighted by molar-refractivity contribution is 8.07. The van der Waals surface area contributed by atoms with Crippen LogP contribution in [0.4, 0.5) is 5.69 Å². The Balaban J connectivity index is 1.86. The molecule has 39 heavy (non-hydrogen) atoms. The second-order valence-electron chi connectivity index (χ2n) is 9.94.